The molecule has 0 saturated carbocycles. The molecule has 3 aromatic carbocycles. The second kappa shape index (κ2) is 6.35. The molecule has 0 heterocycles. The summed E-state index contributed by atoms with van der Waals surface area (Å²) in [6.07, 6.45) is 11.1. The highest BCUT2D eigenvalue weighted by Gasteiger charge is 2.17. The largest absolute Gasteiger partial charge is 0.423 e. The number of aryl methyl sites for hydroxylation is 2. The van der Waals surface area contributed by atoms with Crippen molar-refractivity contribution in [1.29, 1.82) is 0 Å². The molecular weight excluding hydrogens is 344 g/mol. The van der Waals surface area contributed by atoms with Crippen molar-refractivity contribution in [3.05, 3.63) is 98.6 Å². The van der Waals surface area contributed by atoms with E-state index in [1.807, 2.05) is 44.2 Å². The third kappa shape index (κ3) is 2.61. The number of carbonyl (C=O) groups is 1. The van der Waals surface area contributed by atoms with Crippen LogP contribution in [0, 0.1) is 13.8 Å². The molecule has 0 aromatic heterocycles. The molecule has 0 saturated heterocycles. The molecular formula is C26H20O2. The Morgan fingerprint density at radius 1 is 0.929 bits per heavy atom. The van der Waals surface area contributed by atoms with Crippen LogP contribution >= 0.6 is 0 Å². The highest BCUT2D eigenvalue weighted by atomic mass is 16.5. The number of hydrogen-bond donors (Lipinski definition) is 0. The molecule has 0 spiro atoms. The molecule has 2 nitrogen and oxygen atoms in total. The summed E-state index contributed by atoms with van der Waals surface area (Å²) in [5.74, 6) is 0.328. The summed E-state index contributed by atoms with van der Waals surface area (Å²) in [6.45, 7) is 3.88. The van der Waals surface area contributed by atoms with Gasteiger partial charge < -0.3 is 4.74 Å². The fourth-order valence-electron chi connectivity index (χ4n) is 4.25. The summed E-state index contributed by atoms with van der Waals surface area (Å²) >= 11 is 0. The SMILES string of the molecule is Cc1cccc(C)c1C(=O)OC1=CCc2c(ccc3c4c(ccc23)=CC=C4)=C1. The van der Waals surface area contributed by atoms with Crippen LogP contribution in [0.25, 0.3) is 29.0 Å². The lowest BCUT2D eigenvalue weighted by molar-refractivity contribution is 0.0639. The van der Waals surface area contributed by atoms with E-state index >= 15 is 0 Å². The van der Waals surface area contributed by atoms with Gasteiger partial charge in [0.2, 0.25) is 0 Å². The van der Waals surface area contributed by atoms with Gasteiger partial charge in [-0.25, -0.2) is 4.79 Å². The van der Waals surface area contributed by atoms with Gasteiger partial charge in [0.15, 0.2) is 0 Å². The molecule has 2 aliphatic carbocycles. The molecule has 3 aromatic rings. The summed E-state index contributed by atoms with van der Waals surface area (Å²) in [6, 6.07) is 14.5. The zero-order valence-electron chi connectivity index (χ0n) is 16.0. The monoisotopic (exact) mass is 364 g/mol. The van der Waals surface area contributed by atoms with Crippen LogP contribution in [0.1, 0.15) is 32.6 Å². The van der Waals surface area contributed by atoms with Gasteiger partial charge in [-0.15, -0.1) is 0 Å². The van der Waals surface area contributed by atoms with Gasteiger partial charge in [-0.1, -0.05) is 60.7 Å². The van der Waals surface area contributed by atoms with E-state index < -0.39 is 0 Å². The standard InChI is InChI=1S/C26H20O2/c1-16-5-3-6-17(2)25(16)26(27)28-20-11-14-22-19(15-20)10-13-23-21-8-4-7-18(21)9-12-24(22)23/h3-13,15H,14H2,1-2H3. The Labute approximate surface area is 163 Å². The maximum Gasteiger partial charge on any atom is 0.344 e. The molecule has 0 atom stereocenters. The van der Waals surface area contributed by atoms with Crippen LogP contribution in [-0.2, 0) is 11.2 Å². The topological polar surface area (TPSA) is 26.3 Å². The quantitative estimate of drug-likeness (QED) is 0.632. The van der Waals surface area contributed by atoms with Crippen molar-refractivity contribution < 1.29 is 9.53 Å². The maximum absolute atomic E-state index is 12.7. The molecule has 0 radical (unpaired) electrons. The minimum absolute atomic E-state index is 0.291. The predicted octanol–water partition coefficient (Wildman–Crippen LogP) is 4.34. The van der Waals surface area contributed by atoms with Crippen LogP contribution in [0.2, 0.25) is 0 Å². The average Bonchev–Trinajstić information content (AvgIpc) is 3.16. The molecule has 5 rings (SSSR count). The summed E-state index contributed by atoms with van der Waals surface area (Å²) in [5.41, 5.74) is 5.10. The summed E-state index contributed by atoms with van der Waals surface area (Å²) in [7, 11) is 0. The van der Waals surface area contributed by atoms with E-state index in [4.69, 9.17) is 4.74 Å². The van der Waals surface area contributed by atoms with Gasteiger partial charge in [0.1, 0.15) is 5.76 Å². The second-order valence-corrected chi connectivity index (χ2v) is 7.43. The molecule has 2 aliphatic rings. The summed E-state index contributed by atoms with van der Waals surface area (Å²) in [4.78, 5) is 12.7. The van der Waals surface area contributed by atoms with Crippen LogP contribution in [0.15, 0.2) is 60.4 Å². The van der Waals surface area contributed by atoms with E-state index in [-0.39, 0.29) is 5.97 Å². The number of rotatable bonds is 2. The van der Waals surface area contributed by atoms with Gasteiger partial charge in [0.25, 0.3) is 0 Å². The lowest BCUT2D eigenvalue weighted by Crippen LogP contribution is -2.17. The first kappa shape index (κ1) is 16.8. The number of benzene rings is 3. The molecule has 0 fully saturated rings. The lowest BCUT2D eigenvalue weighted by Gasteiger charge is -2.15. The number of fused-ring (bicyclic) bond motifs is 5. The van der Waals surface area contributed by atoms with Crippen LogP contribution in [0.5, 0.6) is 0 Å². The van der Waals surface area contributed by atoms with Crippen molar-refractivity contribution in [2.75, 3.05) is 0 Å². The van der Waals surface area contributed by atoms with Gasteiger partial charge in [-0.3, -0.25) is 0 Å². The number of allylic oxidation sites excluding steroid dienone is 3. The number of hydrogen-bond acceptors (Lipinski definition) is 2. The number of ether oxygens (including phenoxy) is 1. The Bertz CT molecular complexity index is 1320. The van der Waals surface area contributed by atoms with E-state index in [0.29, 0.717) is 11.3 Å². The van der Waals surface area contributed by atoms with E-state index in [9.17, 15) is 4.79 Å². The van der Waals surface area contributed by atoms with Crippen molar-refractivity contribution in [2.24, 2.45) is 0 Å². The van der Waals surface area contributed by atoms with E-state index in [2.05, 4.69) is 42.5 Å². The first-order chi connectivity index (χ1) is 13.6. The van der Waals surface area contributed by atoms with Gasteiger partial charge >= 0.3 is 5.97 Å². The first-order valence-corrected chi connectivity index (χ1v) is 9.55. The third-order valence-electron chi connectivity index (χ3n) is 5.66. The molecule has 0 aliphatic heterocycles. The first-order valence-electron chi connectivity index (χ1n) is 9.55. The summed E-state index contributed by atoms with van der Waals surface area (Å²) in [5, 5.41) is 4.93. The van der Waals surface area contributed by atoms with Gasteiger partial charge in [0, 0.05) is 0 Å². The van der Waals surface area contributed by atoms with Gasteiger partial charge in [-0.05, 0) is 75.9 Å². The minimum Gasteiger partial charge on any atom is -0.423 e. The fraction of sp³-hybridized carbons (Fsp3) is 0.115. The molecule has 28 heavy (non-hydrogen) atoms. The van der Waals surface area contributed by atoms with Crippen LogP contribution in [-0.4, -0.2) is 5.97 Å². The molecule has 0 N–H and O–H groups in total. The predicted molar refractivity (Wildman–Crippen MR) is 114 cm³/mol. The maximum atomic E-state index is 12.7. The van der Waals surface area contributed by atoms with Crippen molar-refractivity contribution >= 4 is 35.0 Å². The van der Waals surface area contributed by atoms with Gasteiger partial charge in [0.05, 0.1) is 5.56 Å². The number of carbonyl (C=O) groups excluding carboxylic acids is 1. The van der Waals surface area contributed by atoms with Crippen molar-refractivity contribution in [2.45, 2.75) is 20.3 Å². The lowest BCUT2D eigenvalue weighted by atomic mass is 9.93. The molecule has 0 amide bonds. The smallest absolute Gasteiger partial charge is 0.344 e. The Hall–Kier alpha value is -3.39. The Balaban J connectivity index is 1.52. The van der Waals surface area contributed by atoms with E-state index in [0.717, 1.165) is 22.8 Å². The highest BCUT2D eigenvalue weighted by Crippen LogP contribution is 2.24. The van der Waals surface area contributed by atoms with Crippen molar-refractivity contribution in [3.8, 4) is 0 Å². The Morgan fingerprint density at radius 2 is 1.68 bits per heavy atom. The van der Waals surface area contributed by atoms with Gasteiger partial charge in [-0.2, -0.15) is 0 Å². The highest BCUT2D eigenvalue weighted by molar-refractivity contribution is 5.96. The summed E-state index contributed by atoms with van der Waals surface area (Å²) < 4.78 is 5.73. The zero-order chi connectivity index (χ0) is 19.3. The Kier molecular flexibility index (Phi) is 3.80. The second-order valence-electron chi connectivity index (χ2n) is 7.43. The van der Waals surface area contributed by atoms with Crippen LogP contribution in [0.3, 0.4) is 0 Å². The molecule has 0 bridgehead atoms. The normalized spacial score (nSPS) is 14.0. The minimum atomic E-state index is -0.291. The molecule has 0 unspecified atom stereocenters. The zero-order valence-corrected chi connectivity index (χ0v) is 16.0. The molecule has 2 heteroatoms. The molecule has 136 valence electrons. The van der Waals surface area contributed by atoms with E-state index in [1.165, 1.54) is 27.1 Å². The van der Waals surface area contributed by atoms with Crippen LogP contribution < -0.4 is 10.4 Å². The van der Waals surface area contributed by atoms with Crippen molar-refractivity contribution in [1.82, 2.24) is 0 Å². The Morgan fingerprint density at radius 3 is 2.50 bits per heavy atom. The third-order valence-corrected chi connectivity index (χ3v) is 5.66. The average molecular weight is 364 g/mol. The van der Waals surface area contributed by atoms with Crippen LogP contribution in [0.4, 0.5) is 0 Å². The number of esters is 1. The van der Waals surface area contributed by atoms with E-state index in [1.54, 1.807) is 0 Å². The fourth-order valence-corrected chi connectivity index (χ4v) is 4.25. The van der Waals surface area contributed by atoms with Crippen molar-refractivity contribution in [3.63, 3.8) is 0 Å².